The Bertz CT molecular complexity index is 877. The molecule has 3 radical (unpaired) electrons. The highest BCUT2D eigenvalue weighted by Crippen LogP contribution is 2.47. The summed E-state index contributed by atoms with van der Waals surface area (Å²) in [6.07, 6.45) is 5.01. The van der Waals surface area contributed by atoms with Crippen LogP contribution in [0.2, 0.25) is 0 Å². The fourth-order valence-electron chi connectivity index (χ4n) is 4.50. The highest BCUT2D eigenvalue weighted by molar-refractivity contribution is 7.99. The molecule has 5 heteroatoms. The number of rotatable bonds is 4. The molecule has 2 aromatic carbocycles. The lowest BCUT2D eigenvalue weighted by atomic mass is 9.84. The van der Waals surface area contributed by atoms with E-state index >= 15 is 0 Å². The van der Waals surface area contributed by atoms with Gasteiger partial charge in [0.05, 0.1) is 24.6 Å². The number of anilines is 2. The van der Waals surface area contributed by atoms with Gasteiger partial charge >= 0.3 is 0 Å². The van der Waals surface area contributed by atoms with Crippen LogP contribution in [0.5, 0.6) is 0 Å². The first-order valence-electron chi connectivity index (χ1n) is 9.90. The van der Waals surface area contributed by atoms with Crippen LogP contribution in [-0.2, 0) is 11.3 Å². The lowest BCUT2D eigenvalue weighted by Gasteiger charge is -2.41. The Kier molecular flexibility index (Phi) is 5.86. The topological polar surface area (TPSA) is 15.7 Å². The van der Waals surface area contributed by atoms with Crippen LogP contribution in [0.1, 0.15) is 18.4 Å². The van der Waals surface area contributed by atoms with Crippen molar-refractivity contribution in [2.24, 2.45) is 5.92 Å². The summed E-state index contributed by atoms with van der Waals surface area (Å²) in [5.41, 5.74) is 5.41. The molecular formula is C23H26BN2OS. The minimum absolute atomic E-state index is 0. The molecule has 143 valence electrons. The van der Waals surface area contributed by atoms with Crippen molar-refractivity contribution in [2.75, 3.05) is 38.2 Å². The Balaban J connectivity index is 0.00000192. The summed E-state index contributed by atoms with van der Waals surface area (Å²) < 4.78 is 6.00. The molecule has 0 atom stereocenters. The van der Waals surface area contributed by atoms with E-state index in [4.69, 9.17) is 4.74 Å². The molecule has 0 amide bonds. The largest absolute Gasteiger partial charge is 0.373 e. The van der Waals surface area contributed by atoms with Crippen LogP contribution in [0.4, 0.5) is 11.4 Å². The predicted molar refractivity (Wildman–Crippen MR) is 118 cm³/mol. The first-order chi connectivity index (χ1) is 13.3. The van der Waals surface area contributed by atoms with Gasteiger partial charge in [-0.1, -0.05) is 41.6 Å². The summed E-state index contributed by atoms with van der Waals surface area (Å²) in [5, 5.41) is 0. The number of para-hydroxylation sites is 1. The van der Waals surface area contributed by atoms with Crippen LogP contribution in [0.15, 0.2) is 63.9 Å². The lowest BCUT2D eigenvalue weighted by Crippen LogP contribution is -2.43. The van der Waals surface area contributed by atoms with Crippen molar-refractivity contribution in [3.8, 4) is 0 Å². The zero-order valence-corrected chi connectivity index (χ0v) is 17.3. The number of piperidine rings is 3. The average molecular weight is 389 g/mol. The van der Waals surface area contributed by atoms with Crippen LogP contribution in [0, 0.1) is 5.92 Å². The maximum Gasteiger partial charge on any atom is 0.0721 e. The number of benzene rings is 2. The molecule has 0 aliphatic carbocycles. The zero-order chi connectivity index (χ0) is 18.2. The van der Waals surface area contributed by atoms with Gasteiger partial charge in [0.25, 0.3) is 0 Å². The molecule has 4 heterocycles. The summed E-state index contributed by atoms with van der Waals surface area (Å²) in [5.74, 6) is 0.814. The van der Waals surface area contributed by atoms with Gasteiger partial charge in [0, 0.05) is 31.8 Å². The number of fused-ring (bicyclic) bond motifs is 5. The van der Waals surface area contributed by atoms with Gasteiger partial charge in [-0.05, 0) is 61.7 Å². The molecule has 6 rings (SSSR count). The molecule has 4 aliphatic heterocycles. The Morgan fingerprint density at radius 2 is 1.86 bits per heavy atom. The van der Waals surface area contributed by atoms with Crippen LogP contribution in [-0.4, -0.2) is 46.6 Å². The third kappa shape index (κ3) is 3.76. The molecule has 0 saturated carbocycles. The summed E-state index contributed by atoms with van der Waals surface area (Å²) in [7, 11) is 2.15. The molecular weight excluding hydrogens is 363 g/mol. The molecule has 3 saturated heterocycles. The predicted octanol–water partition coefficient (Wildman–Crippen LogP) is 4.71. The Morgan fingerprint density at radius 3 is 2.64 bits per heavy atom. The Labute approximate surface area is 174 Å². The van der Waals surface area contributed by atoms with E-state index in [1.165, 1.54) is 52.7 Å². The molecule has 2 aromatic rings. The van der Waals surface area contributed by atoms with Crippen molar-refractivity contribution in [3.05, 3.63) is 59.7 Å². The monoisotopic (exact) mass is 389 g/mol. The average Bonchev–Trinajstić information content (AvgIpc) is 2.72. The first kappa shape index (κ1) is 19.6. The third-order valence-electron chi connectivity index (χ3n) is 6.08. The molecule has 4 aliphatic rings. The van der Waals surface area contributed by atoms with Crippen molar-refractivity contribution in [3.63, 3.8) is 0 Å². The second-order valence-electron chi connectivity index (χ2n) is 7.78. The fourth-order valence-corrected chi connectivity index (χ4v) is 5.71. The number of nitrogens with zero attached hydrogens (tertiary/aromatic N) is 2. The molecule has 2 bridgehead atoms. The number of hydrogen-bond acceptors (Lipinski definition) is 4. The van der Waals surface area contributed by atoms with Gasteiger partial charge in [-0.2, -0.15) is 0 Å². The quantitative estimate of drug-likeness (QED) is 0.428. The van der Waals surface area contributed by atoms with Crippen LogP contribution in [0.25, 0.3) is 0 Å². The first-order valence-corrected chi connectivity index (χ1v) is 10.7. The summed E-state index contributed by atoms with van der Waals surface area (Å²) in [4.78, 5) is 7.48. The summed E-state index contributed by atoms with van der Waals surface area (Å²) in [6.45, 7) is 5.14. The molecule has 0 unspecified atom stereocenters. The van der Waals surface area contributed by atoms with E-state index in [2.05, 4.69) is 65.4 Å². The van der Waals surface area contributed by atoms with Crippen LogP contribution in [0.3, 0.4) is 0 Å². The van der Waals surface area contributed by atoms with Crippen molar-refractivity contribution in [1.29, 1.82) is 0 Å². The van der Waals surface area contributed by atoms with Gasteiger partial charge in [0.15, 0.2) is 0 Å². The summed E-state index contributed by atoms with van der Waals surface area (Å²) in [6, 6.07) is 15.3. The van der Waals surface area contributed by atoms with E-state index in [0.29, 0.717) is 6.61 Å². The zero-order valence-electron chi connectivity index (χ0n) is 16.4. The van der Waals surface area contributed by atoms with Crippen molar-refractivity contribution in [1.82, 2.24) is 4.90 Å². The van der Waals surface area contributed by atoms with Crippen molar-refractivity contribution >= 4 is 31.5 Å². The lowest BCUT2D eigenvalue weighted by molar-refractivity contribution is 0.138. The van der Waals surface area contributed by atoms with Gasteiger partial charge in [0.1, 0.15) is 0 Å². The van der Waals surface area contributed by atoms with Crippen molar-refractivity contribution in [2.45, 2.75) is 29.2 Å². The van der Waals surface area contributed by atoms with Gasteiger partial charge in [0.2, 0.25) is 0 Å². The van der Waals surface area contributed by atoms with Crippen LogP contribution < -0.4 is 4.90 Å². The molecule has 0 spiro atoms. The van der Waals surface area contributed by atoms with E-state index in [-0.39, 0.29) is 8.41 Å². The van der Waals surface area contributed by atoms with Gasteiger partial charge in [-0.25, -0.2) is 0 Å². The normalized spacial score (nSPS) is 23.9. The van der Waals surface area contributed by atoms with Gasteiger partial charge < -0.3 is 9.64 Å². The number of hydrogen-bond donors (Lipinski definition) is 0. The Morgan fingerprint density at radius 1 is 1.07 bits per heavy atom. The smallest absolute Gasteiger partial charge is 0.0721 e. The number of ether oxygens (including phenoxy) is 1. The van der Waals surface area contributed by atoms with Crippen molar-refractivity contribution < 1.29 is 4.74 Å². The molecule has 0 N–H and O–H groups in total. The van der Waals surface area contributed by atoms with E-state index in [0.717, 1.165) is 19.1 Å². The fraction of sp³-hybridized carbons (Fsp3) is 0.391. The summed E-state index contributed by atoms with van der Waals surface area (Å²) >= 11 is 1.86. The van der Waals surface area contributed by atoms with E-state index in [1.807, 2.05) is 11.8 Å². The maximum atomic E-state index is 6.00. The van der Waals surface area contributed by atoms with Crippen LogP contribution >= 0.6 is 11.8 Å². The second kappa shape index (κ2) is 8.36. The second-order valence-corrected chi connectivity index (χ2v) is 8.86. The van der Waals surface area contributed by atoms with Gasteiger partial charge in [-0.3, -0.25) is 4.90 Å². The van der Waals surface area contributed by atoms with Gasteiger partial charge in [-0.15, -0.1) is 0 Å². The molecule has 3 fully saturated rings. The minimum Gasteiger partial charge on any atom is -0.373 e. The minimum atomic E-state index is 0. The SMILES string of the molecule is CN1c2ccccc2Sc2cc(COCC=C3CN4CCC3CC4)ccc21.[B]. The Hall–Kier alpha value is -1.69. The highest BCUT2D eigenvalue weighted by Gasteiger charge is 2.28. The highest BCUT2D eigenvalue weighted by atomic mass is 32.2. The van der Waals surface area contributed by atoms with E-state index < -0.39 is 0 Å². The maximum absolute atomic E-state index is 6.00. The molecule has 3 nitrogen and oxygen atoms in total. The molecule has 28 heavy (non-hydrogen) atoms. The molecule has 0 aromatic heterocycles. The van der Waals surface area contributed by atoms with E-state index in [9.17, 15) is 0 Å². The standard InChI is InChI=1S/C23H26N2OS.B/c1-24-20-4-2-3-5-22(20)27-23-14-17(6-7-21(23)24)16-26-13-10-19-15-25-11-8-18(19)9-12-25;/h2-7,10,14,18H,8-9,11-13,15-16H2,1H3;. The van der Waals surface area contributed by atoms with E-state index in [1.54, 1.807) is 5.57 Å². The third-order valence-corrected chi connectivity index (χ3v) is 7.19.